The number of carbonyl (C=O) groups excluding carboxylic acids is 1. The van der Waals surface area contributed by atoms with Crippen LogP contribution in [0.4, 0.5) is 11.4 Å². The quantitative estimate of drug-likeness (QED) is 0.398. The predicted octanol–water partition coefficient (Wildman–Crippen LogP) is 5.31. The van der Waals surface area contributed by atoms with E-state index in [1.165, 1.54) is 0 Å². The highest BCUT2D eigenvalue weighted by atomic mass is 35.5. The topological polar surface area (TPSA) is 69.7 Å². The number of aryl methyl sites for hydroxylation is 2. The van der Waals surface area contributed by atoms with E-state index < -0.39 is 15.9 Å². The summed E-state index contributed by atoms with van der Waals surface area (Å²) in [5.41, 5.74) is 4.15. The van der Waals surface area contributed by atoms with Crippen LogP contribution in [-0.2, 0) is 21.4 Å². The summed E-state index contributed by atoms with van der Waals surface area (Å²) in [5.74, 6) is -0.412. The summed E-state index contributed by atoms with van der Waals surface area (Å²) >= 11 is 6.28. The van der Waals surface area contributed by atoms with E-state index in [-0.39, 0.29) is 11.4 Å². The third-order valence-corrected chi connectivity index (χ3v) is 8.09. The lowest BCUT2D eigenvalue weighted by Crippen LogP contribution is -2.40. The van der Waals surface area contributed by atoms with Gasteiger partial charge in [-0.1, -0.05) is 47.5 Å². The highest BCUT2D eigenvalue weighted by Gasteiger charge is 2.27. The van der Waals surface area contributed by atoms with E-state index in [2.05, 4.69) is 24.1 Å². The molecule has 1 N–H and O–H groups in total. The average Bonchev–Trinajstić information content (AvgIpc) is 2.85. The number of nitrogens with zero attached hydrogens (tertiary/aromatic N) is 2. The Morgan fingerprint density at radius 2 is 1.49 bits per heavy atom. The Morgan fingerprint density at radius 1 is 0.886 bits per heavy atom. The molecule has 0 aliphatic heterocycles. The third kappa shape index (κ3) is 6.55. The van der Waals surface area contributed by atoms with E-state index in [1.54, 1.807) is 42.5 Å². The zero-order chi connectivity index (χ0) is 25.6. The number of halogens is 1. The molecule has 1 amide bonds. The summed E-state index contributed by atoms with van der Waals surface area (Å²) in [6, 6.07) is 19.5. The summed E-state index contributed by atoms with van der Waals surface area (Å²) in [6.45, 7) is 9.70. The number of anilines is 2. The second-order valence-corrected chi connectivity index (χ2v) is 10.6. The Kier molecular flexibility index (Phi) is 8.81. The second kappa shape index (κ2) is 11.6. The number of hydrogen-bond acceptors (Lipinski definition) is 4. The molecule has 0 atom stereocenters. The fourth-order valence-electron chi connectivity index (χ4n) is 3.69. The van der Waals surface area contributed by atoms with E-state index >= 15 is 0 Å². The van der Waals surface area contributed by atoms with E-state index in [1.807, 2.05) is 38.1 Å². The summed E-state index contributed by atoms with van der Waals surface area (Å²) in [6.07, 6.45) is 0. The van der Waals surface area contributed by atoms with Gasteiger partial charge >= 0.3 is 0 Å². The average molecular weight is 514 g/mol. The number of carbonyl (C=O) groups is 1. The van der Waals surface area contributed by atoms with Crippen LogP contribution in [0.1, 0.15) is 30.5 Å². The molecule has 35 heavy (non-hydrogen) atoms. The lowest BCUT2D eigenvalue weighted by atomic mass is 10.2. The summed E-state index contributed by atoms with van der Waals surface area (Å²) in [7, 11) is -3.99. The molecular weight excluding hydrogens is 482 g/mol. The zero-order valence-corrected chi connectivity index (χ0v) is 22.2. The minimum Gasteiger partial charge on any atom is -0.372 e. The van der Waals surface area contributed by atoms with E-state index in [0.717, 1.165) is 39.8 Å². The van der Waals surface area contributed by atoms with Crippen LogP contribution in [0.5, 0.6) is 0 Å². The molecule has 0 saturated carbocycles. The first-order valence-corrected chi connectivity index (χ1v) is 13.4. The maximum atomic E-state index is 13.5. The smallest absolute Gasteiger partial charge is 0.264 e. The van der Waals surface area contributed by atoms with E-state index in [9.17, 15) is 13.2 Å². The lowest BCUT2D eigenvalue weighted by Gasteiger charge is -2.25. The molecule has 0 fully saturated rings. The van der Waals surface area contributed by atoms with E-state index in [0.29, 0.717) is 17.3 Å². The molecule has 0 radical (unpaired) electrons. The van der Waals surface area contributed by atoms with E-state index in [4.69, 9.17) is 11.6 Å². The molecule has 0 unspecified atom stereocenters. The van der Waals surface area contributed by atoms with Crippen molar-refractivity contribution in [1.29, 1.82) is 0 Å². The Labute approximate surface area is 213 Å². The molecule has 3 rings (SSSR count). The Morgan fingerprint density at radius 3 is 2.06 bits per heavy atom. The van der Waals surface area contributed by atoms with Crippen molar-refractivity contribution in [3.63, 3.8) is 0 Å². The molecule has 3 aromatic rings. The maximum Gasteiger partial charge on any atom is 0.264 e. The number of benzene rings is 3. The SMILES string of the molecule is CCN(CC)c1ccc(CNC(=O)CN(c2ccc(C)c(Cl)c2)S(=O)(=O)c2ccc(C)cc2)cc1. The molecule has 0 aliphatic carbocycles. The van der Waals surface area contributed by atoms with Crippen LogP contribution in [0.2, 0.25) is 5.02 Å². The molecule has 0 saturated heterocycles. The van der Waals surface area contributed by atoms with Gasteiger partial charge in [0.1, 0.15) is 6.54 Å². The van der Waals surface area contributed by atoms with Crippen molar-refractivity contribution in [3.05, 3.63) is 88.4 Å². The fraction of sp³-hybridized carbons (Fsp3) is 0.296. The monoisotopic (exact) mass is 513 g/mol. The van der Waals surface area contributed by atoms with Gasteiger partial charge < -0.3 is 10.2 Å². The van der Waals surface area contributed by atoms with Crippen molar-refractivity contribution in [2.75, 3.05) is 28.8 Å². The molecule has 0 aliphatic rings. The van der Waals surface area contributed by atoms with Crippen molar-refractivity contribution in [1.82, 2.24) is 5.32 Å². The van der Waals surface area contributed by atoms with Gasteiger partial charge in [0.05, 0.1) is 10.6 Å². The summed E-state index contributed by atoms with van der Waals surface area (Å²) < 4.78 is 28.1. The molecule has 3 aromatic carbocycles. The summed E-state index contributed by atoms with van der Waals surface area (Å²) in [4.78, 5) is 15.2. The van der Waals surface area contributed by atoms with Gasteiger partial charge in [0.2, 0.25) is 5.91 Å². The van der Waals surface area contributed by atoms with Crippen LogP contribution in [-0.4, -0.2) is 34.0 Å². The maximum absolute atomic E-state index is 13.5. The molecule has 0 aromatic heterocycles. The first-order chi connectivity index (χ1) is 16.6. The number of rotatable bonds is 10. The fourth-order valence-corrected chi connectivity index (χ4v) is 5.28. The standard InChI is InChI=1S/C27H32ClN3O3S/c1-5-30(6-2)23-13-10-22(11-14-23)18-29-27(32)19-31(24-12-9-21(4)26(28)17-24)35(33,34)25-15-7-20(3)8-16-25/h7-17H,5-6,18-19H2,1-4H3,(H,29,32). The van der Waals surface area contributed by atoms with Crippen molar-refractivity contribution in [3.8, 4) is 0 Å². The number of nitrogens with one attached hydrogen (secondary N) is 1. The molecule has 0 spiro atoms. The van der Waals surface area contributed by atoms with Crippen LogP contribution in [0, 0.1) is 13.8 Å². The van der Waals surface area contributed by atoms with Crippen molar-refractivity contribution < 1.29 is 13.2 Å². The van der Waals surface area contributed by atoms with Gasteiger partial charge in [0.15, 0.2) is 0 Å². The molecular formula is C27H32ClN3O3S. The highest BCUT2D eigenvalue weighted by Crippen LogP contribution is 2.28. The molecule has 0 bridgehead atoms. The zero-order valence-electron chi connectivity index (χ0n) is 20.6. The van der Waals surface area contributed by atoms with Gasteiger partial charge in [0.25, 0.3) is 10.0 Å². The lowest BCUT2D eigenvalue weighted by molar-refractivity contribution is -0.119. The van der Waals surface area contributed by atoms with Crippen molar-refractivity contribution >= 4 is 38.9 Å². The van der Waals surface area contributed by atoms with Crippen molar-refractivity contribution in [2.45, 2.75) is 39.1 Å². The Bertz CT molecular complexity index is 1260. The second-order valence-electron chi connectivity index (χ2n) is 8.37. The summed E-state index contributed by atoms with van der Waals surface area (Å²) in [5, 5.41) is 3.27. The van der Waals surface area contributed by atoms with Crippen molar-refractivity contribution in [2.24, 2.45) is 0 Å². The van der Waals surface area contributed by atoms with Gasteiger partial charge in [-0.25, -0.2) is 8.42 Å². The van der Waals surface area contributed by atoms with Gasteiger partial charge in [-0.15, -0.1) is 0 Å². The highest BCUT2D eigenvalue weighted by molar-refractivity contribution is 7.92. The minimum atomic E-state index is -3.99. The van der Waals surface area contributed by atoms with Gasteiger partial charge in [0, 0.05) is 30.3 Å². The van der Waals surface area contributed by atoms with Crippen LogP contribution in [0.15, 0.2) is 71.6 Å². The first-order valence-electron chi connectivity index (χ1n) is 11.6. The van der Waals surface area contributed by atoms with Crippen LogP contribution < -0.4 is 14.5 Å². The largest absolute Gasteiger partial charge is 0.372 e. The number of sulfonamides is 1. The number of hydrogen-bond donors (Lipinski definition) is 1. The van der Waals surface area contributed by atoms with Gasteiger partial charge in [-0.05, 0) is 75.2 Å². The predicted molar refractivity (Wildman–Crippen MR) is 144 cm³/mol. The molecule has 186 valence electrons. The Balaban J connectivity index is 1.80. The van der Waals surface area contributed by atoms with Gasteiger partial charge in [-0.2, -0.15) is 0 Å². The third-order valence-electron chi connectivity index (χ3n) is 5.89. The normalized spacial score (nSPS) is 11.2. The van der Waals surface area contributed by atoms with Crippen LogP contribution in [0.3, 0.4) is 0 Å². The number of amides is 1. The van der Waals surface area contributed by atoms with Crippen LogP contribution >= 0.6 is 11.6 Å². The van der Waals surface area contributed by atoms with Crippen LogP contribution in [0.25, 0.3) is 0 Å². The Hall–Kier alpha value is -3.03. The molecule has 8 heteroatoms. The minimum absolute atomic E-state index is 0.111. The molecule has 6 nitrogen and oxygen atoms in total. The first kappa shape index (κ1) is 26.6. The van der Waals surface area contributed by atoms with Gasteiger partial charge in [-0.3, -0.25) is 9.10 Å². The molecule has 0 heterocycles.